The van der Waals surface area contributed by atoms with Crippen molar-refractivity contribution >= 4 is 17.9 Å². The number of hydrogen-bond donors (Lipinski definition) is 1. The molecule has 1 N–H and O–H groups in total. The fourth-order valence-corrected chi connectivity index (χ4v) is 5.53. The van der Waals surface area contributed by atoms with Crippen molar-refractivity contribution in [3.05, 3.63) is 108 Å². The van der Waals surface area contributed by atoms with E-state index < -0.39 is 23.2 Å². The first-order valence-corrected chi connectivity index (χ1v) is 12.7. The fourth-order valence-electron chi connectivity index (χ4n) is 4.76. The maximum atomic E-state index is 13.6. The molecule has 3 aromatic carbocycles. The molecule has 4 rings (SSSR count). The number of rotatable bonds is 6. The van der Waals surface area contributed by atoms with Crippen molar-refractivity contribution in [2.24, 2.45) is 5.92 Å². The first-order valence-electron chi connectivity index (χ1n) is 11.4. The average Bonchev–Trinajstić information content (AvgIpc) is 3.19. The van der Waals surface area contributed by atoms with Gasteiger partial charge in [0.2, 0.25) is 0 Å². The van der Waals surface area contributed by atoms with Crippen LogP contribution in [0.25, 0.3) is 0 Å². The number of thioether (sulfide) groups is 1. The highest BCUT2D eigenvalue weighted by atomic mass is 32.2. The molecule has 0 aliphatic carbocycles. The predicted octanol–water partition coefficient (Wildman–Crippen LogP) is 5.51. The molecule has 0 radical (unpaired) electrons. The molecule has 174 valence electrons. The molecule has 0 bridgehead atoms. The van der Waals surface area contributed by atoms with Gasteiger partial charge in [-0.1, -0.05) is 105 Å². The van der Waals surface area contributed by atoms with Crippen LogP contribution in [0.2, 0.25) is 0 Å². The van der Waals surface area contributed by atoms with Crippen LogP contribution in [-0.2, 0) is 10.3 Å². The van der Waals surface area contributed by atoms with E-state index in [1.54, 1.807) is 4.90 Å². The number of aliphatic hydroxyl groups excluding tert-OH is 1. The zero-order valence-corrected chi connectivity index (χ0v) is 20.4. The van der Waals surface area contributed by atoms with Gasteiger partial charge in [-0.2, -0.15) is 0 Å². The Morgan fingerprint density at radius 1 is 0.912 bits per heavy atom. The van der Waals surface area contributed by atoms with Crippen LogP contribution in [-0.4, -0.2) is 39.9 Å². The van der Waals surface area contributed by atoms with Crippen molar-refractivity contribution < 1.29 is 14.6 Å². The highest BCUT2D eigenvalue weighted by Crippen LogP contribution is 2.49. The van der Waals surface area contributed by atoms with Gasteiger partial charge in [-0.15, -0.1) is 11.8 Å². The lowest BCUT2D eigenvalue weighted by Gasteiger charge is -2.40. The Balaban J connectivity index is 1.80. The van der Waals surface area contributed by atoms with Gasteiger partial charge in [0.15, 0.2) is 5.60 Å². The third kappa shape index (κ3) is 4.44. The molecule has 4 nitrogen and oxygen atoms in total. The van der Waals surface area contributed by atoms with E-state index in [1.165, 1.54) is 11.8 Å². The van der Waals surface area contributed by atoms with Gasteiger partial charge in [0.25, 0.3) is 0 Å². The summed E-state index contributed by atoms with van der Waals surface area (Å²) in [6, 6.07) is 28.9. The Kier molecular flexibility index (Phi) is 7.31. The summed E-state index contributed by atoms with van der Waals surface area (Å²) in [6.45, 7) is 4.17. The molecule has 1 fully saturated rings. The second kappa shape index (κ2) is 10.4. The summed E-state index contributed by atoms with van der Waals surface area (Å²) < 4.78 is 6.32. The minimum atomic E-state index is -1.05. The number of nitrogens with zero attached hydrogens (tertiary/aromatic N) is 1. The van der Waals surface area contributed by atoms with E-state index in [9.17, 15) is 9.90 Å². The maximum Gasteiger partial charge on any atom is 0.412 e. The van der Waals surface area contributed by atoms with Crippen LogP contribution in [0.1, 0.15) is 30.5 Å². The molecule has 0 aromatic heterocycles. The zero-order chi connectivity index (χ0) is 24.1. The molecule has 0 saturated carbocycles. The number of ether oxygens (including phenoxy) is 1. The van der Waals surface area contributed by atoms with Crippen molar-refractivity contribution in [2.75, 3.05) is 6.26 Å². The number of hydrogen-bond acceptors (Lipinski definition) is 4. The van der Waals surface area contributed by atoms with Gasteiger partial charge in [-0.05, 0) is 24.3 Å². The third-order valence-electron chi connectivity index (χ3n) is 6.14. The van der Waals surface area contributed by atoms with Crippen LogP contribution < -0.4 is 0 Å². The molecule has 0 unspecified atom stereocenters. The first kappa shape index (κ1) is 23.9. The average molecular weight is 472 g/mol. The Hall–Kier alpha value is -3.20. The molecule has 1 aliphatic heterocycles. The van der Waals surface area contributed by atoms with Crippen molar-refractivity contribution in [3.8, 4) is 11.8 Å². The molecule has 3 atom stereocenters. The van der Waals surface area contributed by atoms with Crippen LogP contribution in [0.15, 0.2) is 91.0 Å². The highest BCUT2D eigenvalue weighted by molar-refractivity contribution is 7.99. The van der Waals surface area contributed by atoms with Crippen LogP contribution in [0.3, 0.4) is 0 Å². The number of carbonyl (C=O) groups is 1. The smallest absolute Gasteiger partial charge is 0.412 e. The topological polar surface area (TPSA) is 49.8 Å². The standard InChI is InChI=1S/C29H29NO3S/c1-21(2)26-29(23-15-9-5-10-16-23,24-17-11-6-12-18-24)33-28(32)30(26)27(34-3)25(31)20-19-22-13-7-4-8-14-22/h4-18,21,25-27,31H,1-3H3/t25-,26-,27-/m0/s1. The van der Waals surface area contributed by atoms with E-state index >= 15 is 0 Å². The number of carbonyl (C=O) groups excluding carboxylic acids is 1. The fraction of sp³-hybridized carbons (Fsp3) is 0.276. The molecular formula is C29H29NO3S. The molecule has 1 heterocycles. The van der Waals surface area contributed by atoms with E-state index in [4.69, 9.17) is 4.74 Å². The molecule has 1 saturated heterocycles. The SMILES string of the molecule is CS[C@@H]([C@@H](O)C#Cc1ccccc1)N1C(=O)OC(c2ccccc2)(c2ccccc2)[C@@H]1C(C)C. The summed E-state index contributed by atoms with van der Waals surface area (Å²) in [4.78, 5) is 15.3. The molecule has 3 aromatic rings. The number of cyclic esters (lactones) is 1. The van der Waals surface area contributed by atoms with Gasteiger partial charge in [-0.25, -0.2) is 4.79 Å². The second-order valence-corrected chi connectivity index (χ2v) is 9.59. The monoisotopic (exact) mass is 471 g/mol. The van der Waals surface area contributed by atoms with Gasteiger partial charge < -0.3 is 9.84 Å². The summed E-state index contributed by atoms with van der Waals surface area (Å²) in [5.74, 6) is 6.02. The normalized spacial score (nSPS) is 18.7. The van der Waals surface area contributed by atoms with E-state index in [2.05, 4.69) is 25.7 Å². The Morgan fingerprint density at radius 2 is 1.41 bits per heavy atom. The van der Waals surface area contributed by atoms with Gasteiger partial charge >= 0.3 is 6.09 Å². The van der Waals surface area contributed by atoms with Crippen LogP contribution >= 0.6 is 11.8 Å². The molecule has 1 aliphatic rings. The lowest BCUT2D eigenvalue weighted by atomic mass is 9.75. The number of benzene rings is 3. The third-order valence-corrected chi connectivity index (χ3v) is 7.10. The van der Waals surface area contributed by atoms with Crippen molar-refractivity contribution in [1.82, 2.24) is 4.90 Å². The summed E-state index contributed by atoms with van der Waals surface area (Å²) in [7, 11) is 0. The summed E-state index contributed by atoms with van der Waals surface area (Å²) in [5.41, 5.74) is 1.61. The van der Waals surface area contributed by atoms with Crippen LogP contribution in [0.5, 0.6) is 0 Å². The minimum absolute atomic E-state index is 0.0378. The zero-order valence-electron chi connectivity index (χ0n) is 19.6. The molecular weight excluding hydrogens is 442 g/mol. The predicted molar refractivity (Wildman–Crippen MR) is 137 cm³/mol. The Morgan fingerprint density at radius 3 is 1.88 bits per heavy atom. The largest absolute Gasteiger partial charge is 0.431 e. The summed E-state index contributed by atoms with van der Waals surface area (Å²) in [5, 5.41) is 10.5. The molecule has 34 heavy (non-hydrogen) atoms. The van der Waals surface area contributed by atoms with Gasteiger partial charge in [0.05, 0.1) is 6.04 Å². The Bertz CT molecular complexity index is 1120. The summed E-state index contributed by atoms with van der Waals surface area (Å²) in [6.07, 6.45) is 0.381. The maximum absolute atomic E-state index is 13.6. The lowest BCUT2D eigenvalue weighted by molar-refractivity contribution is 0.0515. The summed E-state index contributed by atoms with van der Waals surface area (Å²) >= 11 is 1.40. The van der Waals surface area contributed by atoms with E-state index in [-0.39, 0.29) is 12.0 Å². The van der Waals surface area contributed by atoms with Crippen molar-refractivity contribution in [2.45, 2.75) is 37.0 Å². The molecule has 5 heteroatoms. The van der Waals surface area contributed by atoms with E-state index in [0.717, 1.165) is 16.7 Å². The molecule has 1 amide bonds. The van der Waals surface area contributed by atoms with Gasteiger partial charge in [0, 0.05) is 16.7 Å². The number of aliphatic hydroxyl groups is 1. The van der Waals surface area contributed by atoms with E-state index in [1.807, 2.05) is 97.3 Å². The minimum Gasteiger partial charge on any atom is -0.431 e. The first-order chi connectivity index (χ1) is 16.5. The highest BCUT2D eigenvalue weighted by Gasteiger charge is 2.59. The van der Waals surface area contributed by atoms with Crippen molar-refractivity contribution in [1.29, 1.82) is 0 Å². The van der Waals surface area contributed by atoms with Crippen LogP contribution in [0, 0.1) is 17.8 Å². The van der Waals surface area contributed by atoms with Gasteiger partial charge in [0.1, 0.15) is 11.5 Å². The van der Waals surface area contributed by atoms with Gasteiger partial charge in [-0.3, -0.25) is 4.90 Å². The second-order valence-electron chi connectivity index (χ2n) is 8.64. The van der Waals surface area contributed by atoms with Crippen molar-refractivity contribution in [3.63, 3.8) is 0 Å². The Labute approximate surface area is 206 Å². The number of amides is 1. The quantitative estimate of drug-likeness (QED) is 0.482. The van der Waals surface area contributed by atoms with Crippen LogP contribution in [0.4, 0.5) is 4.79 Å². The van der Waals surface area contributed by atoms with E-state index in [0.29, 0.717) is 0 Å². The molecule has 0 spiro atoms. The lowest BCUT2D eigenvalue weighted by Crippen LogP contribution is -2.53.